The van der Waals surface area contributed by atoms with E-state index in [4.69, 9.17) is 11.6 Å². The zero-order valence-electron chi connectivity index (χ0n) is 10.5. The lowest BCUT2D eigenvalue weighted by Gasteiger charge is -2.18. The molecule has 0 radical (unpaired) electrons. The quantitative estimate of drug-likeness (QED) is 0.611. The van der Waals surface area contributed by atoms with Gasteiger partial charge in [-0.2, -0.15) is 0 Å². The summed E-state index contributed by atoms with van der Waals surface area (Å²) in [5.41, 5.74) is 3.16. The van der Waals surface area contributed by atoms with Gasteiger partial charge in [-0.05, 0) is 54.3 Å². The van der Waals surface area contributed by atoms with E-state index in [0.717, 1.165) is 16.7 Å². The number of alkyl halides is 1. The Kier molecular flexibility index (Phi) is 4.26. The summed E-state index contributed by atoms with van der Waals surface area (Å²) in [5.74, 6) is -0.732. The van der Waals surface area contributed by atoms with Gasteiger partial charge in [-0.3, -0.25) is 0 Å². The van der Waals surface area contributed by atoms with E-state index in [1.165, 1.54) is 18.2 Å². The maximum Gasteiger partial charge on any atom is 0.142 e. The van der Waals surface area contributed by atoms with Gasteiger partial charge in [0.1, 0.15) is 11.6 Å². The first kappa shape index (κ1) is 14.5. The molecule has 100 valence electrons. The smallest absolute Gasteiger partial charge is 0.142 e. The van der Waals surface area contributed by atoms with E-state index >= 15 is 0 Å². The second-order valence-corrected chi connectivity index (χ2v) is 5.75. The Morgan fingerprint density at radius 1 is 1.11 bits per heavy atom. The Labute approximate surface area is 124 Å². The van der Waals surface area contributed by atoms with Crippen molar-refractivity contribution in [1.82, 2.24) is 0 Å². The van der Waals surface area contributed by atoms with E-state index in [-0.39, 0.29) is 15.7 Å². The lowest BCUT2D eigenvalue weighted by atomic mass is 9.95. The summed E-state index contributed by atoms with van der Waals surface area (Å²) in [7, 11) is 0. The van der Waals surface area contributed by atoms with Crippen molar-refractivity contribution in [2.24, 2.45) is 0 Å². The van der Waals surface area contributed by atoms with E-state index in [0.29, 0.717) is 5.56 Å². The minimum atomic E-state index is -0.457. The molecule has 0 bridgehead atoms. The third-order valence-corrected chi connectivity index (χ3v) is 4.42. The molecule has 2 rings (SSSR count). The highest BCUT2D eigenvalue weighted by Crippen LogP contribution is 2.39. The minimum absolute atomic E-state index is 0.0903. The molecule has 1 unspecified atom stereocenters. The van der Waals surface area contributed by atoms with E-state index in [1.807, 2.05) is 13.8 Å². The molecule has 0 N–H and O–H groups in total. The monoisotopic (exact) mass is 344 g/mol. The predicted molar refractivity (Wildman–Crippen MR) is 78.1 cm³/mol. The summed E-state index contributed by atoms with van der Waals surface area (Å²) in [6.07, 6.45) is 0. The molecule has 0 aliphatic carbocycles. The Hall–Kier alpha value is -0.930. The fourth-order valence-corrected chi connectivity index (χ4v) is 3.66. The molecule has 0 aliphatic rings. The summed E-state index contributed by atoms with van der Waals surface area (Å²) >= 11 is 9.53. The molecule has 2 aromatic carbocycles. The third-order valence-electron chi connectivity index (χ3n) is 3.07. The van der Waals surface area contributed by atoms with E-state index in [1.54, 1.807) is 12.1 Å². The van der Waals surface area contributed by atoms with Gasteiger partial charge in [0.15, 0.2) is 0 Å². The zero-order valence-corrected chi connectivity index (χ0v) is 12.8. The lowest BCUT2D eigenvalue weighted by molar-refractivity contribution is 0.623. The lowest BCUT2D eigenvalue weighted by Crippen LogP contribution is -2.01. The predicted octanol–water partition coefficient (Wildman–Crippen LogP) is 5.72. The average Bonchev–Trinajstić information content (AvgIpc) is 2.31. The van der Waals surface area contributed by atoms with Crippen molar-refractivity contribution < 1.29 is 8.78 Å². The summed E-state index contributed by atoms with van der Waals surface area (Å²) in [6, 6.07) is 7.61. The summed E-state index contributed by atoms with van der Waals surface area (Å²) in [4.78, 5) is -0.267. The van der Waals surface area contributed by atoms with Gasteiger partial charge in [0.05, 0.1) is 9.85 Å². The molecule has 1 atom stereocenters. The fraction of sp³-hybridized carbons (Fsp3) is 0.200. The normalized spacial score (nSPS) is 12.5. The third kappa shape index (κ3) is 2.82. The maximum atomic E-state index is 13.5. The number of hydrogen-bond acceptors (Lipinski definition) is 0. The largest absolute Gasteiger partial charge is 0.207 e. The molecule has 19 heavy (non-hydrogen) atoms. The van der Waals surface area contributed by atoms with Gasteiger partial charge in [-0.25, -0.2) is 8.78 Å². The fourth-order valence-electron chi connectivity index (χ4n) is 2.19. The van der Waals surface area contributed by atoms with Crippen LogP contribution < -0.4 is 0 Å². The van der Waals surface area contributed by atoms with Crippen molar-refractivity contribution in [3.05, 3.63) is 69.2 Å². The molecule has 0 heterocycles. The van der Waals surface area contributed by atoms with Gasteiger partial charge in [-0.15, -0.1) is 0 Å². The van der Waals surface area contributed by atoms with Crippen molar-refractivity contribution in [2.45, 2.75) is 18.7 Å². The number of hydrogen-bond donors (Lipinski definition) is 0. The van der Waals surface area contributed by atoms with Crippen LogP contribution in [0.4, 0.5) is 8.78 Å². The molecular formula is C15H12BrClF2. The van der Waals surface area contributed by atoms with Gasteiger partial charge < -0.3 is 0 Å². The van der Waals surface area contributed by atoms with Gasteiger partial charge >= 0.3 is 0 Å². The average molecular weight is 346 g/mol. The molecule has 0 spiro atoms. The molecule has 4 heteroatoms. The van der Waals surface area contributed by atoms with Crippen LogP contribution in [0.5, 0.6) is 0 Å². The van der Waals surface area contributed by atoms with Crippen molar-refractivity contribution in [3.63, 3.8) is 0 Å². The topological polar surface area (TPSA) is 0 Å². The van der Waals surface area contributed by atoms with Crippen molar-refractivity contribution in [3.8, 4) is 0 Å². The molecule has 0 aromatic heterocycles. The first-order valence-electron chi connectivity index (χ1n) is 5.76. The van der Waals surface area contributed by atoms with E-state index in [2.05, 4.69) is 15.9 Å². The molecule has 2 aromatic rings. The Bertz CT molecular complexity index is 603. The molecule has 0 nitrogen and oxygen atoms in total. The standard InChI is InChI=1S/C15H12BrClF2/c1-8-6-10(18)7-9(2)13(8)14(16)11-4-3-5-12(19)15(11)17/h3-7,14H,1-2H3. The van der Waals surface area contributed by atoms with Gasteiger partial charge in [-0.1, -0.05) is 39.7 Å². The number of rotatable bonds is 2. The van der Waals surface area contributed by atoms with Crippen molar-refractivity contribution in [1.29, 1.82) is 0 Å². The Balaban J connectivity index is 2.56. The van der Waals surface area contributed by atoms with Crippen LogP contribution >= 0.6 is 27.5 Å². The SMILES string of the molecule is Cc1cc(F)cc(C)c1C(Br)c1cccc(F)c1Cl. The molecule has 0 saturated heterocycles. The van der Waals surface area contributed by atoms with Crippen LogP contribution in [0.1, 0.15) is 27.1 Å². The molecule has 0 amide bonds. The van der Waals surface area contributed by atoms with Crippen LogP contribution in [0.15, 0.2) is 30.3 Å². The van der Waals surface area contributed by atoms with Crippen LogP contribution in [-0.2, 0) is 0 Å². The van der Waals surface area contributed by atoms with Crippen LogP contribution in [0.3, 0.4) is 0 Å². The van der Waals surface area contributed by atoms with Gasteiger partial charge in [0.25, 0.3) is 0 Å². The van der Waals surface area contributed by atoms with Crippen LogP contribution in [0.25, 0.3) is 0 Å². The summed E-state index contributed by atoms with van der Waals surface area (Å²) in [5, 5.41) is 0.0903. The first-order valence-corrected chi connectivity index (χ1v) is 7.05. The second-order valence-electron chi connectivity index (χ2n) is 4.46. The highest BCUT2D eigenvalue weighted by Gasteiger charge is 2.20. The van der Waals surface area contributed by atoms with Crippen LogP contribution in [0.2, 0.25) is 5.02 Å². The van der Waals surface area contributed by atoms with Crippen LogP contribution in [0, 0.1) is 25.5 Å². The molecule has 0 fully saturated rings. The van der Waals surface area contributed by atoms with Crippen molar-refractivity contribution >= 4 is 27.5 Å². The molecular weight excluding hydrogens is 334 g/mol. The van der Waals surface area contributed by atoms with E-state index < -0.39 is 5.82 Å². The first-order chi connectivity index (χ1) is 8.91. The highest BCUT2D eigenvalue weighted by atomic mass is 79.9. The van der Waals surface area contributed by atoms with Crippen molar-refractivity contribution in [2.75, 3.05) is 0 Å². The number of aryl methyl sites for hydroxylation is 2. The molecule has 0 saturated carbocycles. The zero-order chi connectivity index (χ0) is 14.2. The van der Waals surface area contributed by atoms with Crippen LogP contribution in [-0.4, -0.2) is 0 Å². The number of benzene rings is 2. The summed E-state index contributed by atoms with van der Waals surface area (Å²) < 4.78 is 26.8. The second kappa shape index (κ2) is 5.59. The molecule has 0 aliphatic heterocycles. The minimum Gasteiger partial charge on any atom is -0.207 e. The Morgan fingerprint density at radius 3 is 2.26 bits per heavy atom. The summed E-state index contributed by atoms with van der Waals surface area (Å²) in [6.45, 7) is 3.65. The Morgan fingerprint density at radius 2 is 1.68 bits per heavy atom. The van der Waals surface area contributed by atoms with E-state index in [9.17, 15) is 8.78 Å². The van der Waals surface area contributed by atoms with Gasteiger partial charge in [0.2, 0.25) is 0 Å². The number of halogens is 4. The van der Waals surface area contributed by atoms with Gasteiger partial charge in [0, 0.05) is 0 Å². The highest BCUT2D eigenvalue weighted by molar-refractivity contribution is 9.09. The maximum absolute atomic E-state index is 13.5.